The second-order valence-corrected chi connectivity index (χ2v) is 7.48. The molecule has 0 radical (unpaired) electrons. The lowest BCUT2D eigenvalue weighted by Crippen LogP contribution is -2.39. The van der Waals surface area contributed by atoms with Crippen LogP contribution in [0, 0.1) is 0 Å². The summed E-state index contributed by atoms with van der Waals surface area (Å²) < 4.78 is 5.61. The minimum Gasteiger partial charge on any atom is -0.467 e. The van der Waals surface area contributed by atoms with Crippen LogP contribution in [-0.2, 0) is 4.74 Å². The summed E-state index contributed by atoms with van der Waals surface area (Å²) in [6.07, 6.45) is 3.54. The van der Waals surface area contributed by atoms with Gasteiger partial charge in [-0.05, 0) is 42.3 Å². The maximum Gasteiger partial charge on any atom is 0.315 e. The van der Waals surface area contributed by atoms with Crippen LogP contribution >= 0.6 is 0 Å². The molecule has 1 aromatic heterocycles. The molecule has 0 saturated carbocycles. The lowest BCUT2D eigenvalue weighted by Gasteiger charge is -2.17. The molecule has 0 spiro atoms. The lowest BCUT2D eigenvalue weighted by atomic mass is 10.00. The first-order valence-corrected chi connectivity index (χ1v) is 10.5. The van der Waals surface area contributed by atoms with Gasteiger partial charge in [-0.1, -0.05) is 42.5 Å². The van der Waals surface area contributed by atoms with Crippen molar-refractivity contribution in [2.75, 3.05) is 18.4 Å². The van der Waals surface area contributed by atoms with Crippen molar-refractivity contribution < 1.29 is 9.53 Å². The van der Waals surface area contributed by atoms with Crippen molar-refractivity contribution in [3.63, 3.8) is 0 Å². The Balaban J connectivity index is 1.22. The van der Waals surface area contributed by atoms with E-state index in [1.807, 2.05) is 50.4 Å². The van der Waals surface area contributed by atoms with Crippen LogP contribution in [0.25, 0.3) is 16.5 Å². The highest BCUT2D eigenvalue weighted by Crippen LogP contribution is 2.24. The number of carbonyl (C=O) groups is 1. The third-order valence-corrected chi connectivity index (χ3v) is 5.15. The standard InChI is InChI=1S/C24H27N5O2/c1-16(20-9-5-7-18-6-3-4-8-21(18)20)29-24(30)26-13-12-25-19-10-11-22(28-14-19)23-15-27-17(2)31-23/h3-11,14-17,25,27H,12-13H2,1-2H3,(H2,26,29,30)/t16-,17?/m0/s1. The molecule has 1 unspecified atom stereocenters. The molecule has 7 heteroatoms. The van der Waals surface area contributed by atoms with E-state index in [-0.39, 0.29) is 18.3 Å². The summed E-state index contributed by atoms with van der Waals surface area (Å²) in [6.45, 7) is 5.01. The van der Waals surface area contributed by atoms with Crippen LogP contribution < -0.4 is 21.3 Å². The number of ether oxygens (including phenoxy) is 1. The number of nitrogens with one attached hydrogen (secondary N) is 4. The fourth-order valence-corrected chi connectivity index (χ4v) is 3.57. The fraction of sp³-hybridized carbons (Fsp3) is 0.250. The molecule has 31 heavy (non-hydrogen) atoms. The van der Waals surface area contributed by atoms with Gasteiger partial charge < -0.3 is 26.0 Å². The predicted octanol–water partition coefficient (Wildman–Crippen LogP) is 3.97. The minimum atomic E-state index is -0.192. The first kappa shape index (κ1) is 20.5. The molecule has 7 nitrogen and oxygen atoms in total. The quantitative estimate of drug-likeness (QED) is 0.437. The Labute approximate surface area is 181 Å². The van der Waals surface area contributed by atoms with Gasteiger partial charge in [-0.3, -0.25) is 4.98 Å². The maximum absolute atomic E-state index is 12.3. The van der Waals surface area contributed by atoms with E-state index in [0.717, 1.165) is 28.1 Å². The Hall–Kier alpha value is -3.74. The van der Waals surface area contributed by atoms with Gasteiger partial charge in [0.05, 0.1) is 17.9 Å². The largest absolute Gasteiger partial charge is 0.467 e. The van der Waals surface area contributed by atoms with E-state index >= 15 is 0 Å². The Morgan fingerprint density at radius 2 is 1.97 bits per heavy atom. The average Bonchev–Trinajstić information content (AvgIpc) is 3.23. The number of hydrogen-bond acceptors (Lipinski definition) is 5. The first-order chi connectivity index (χ1) is 15.1. The van der Waals surface area contributed by atoms with Gasteiger partial charge in [0, 0.05) is 19.3 Å². The van der Waals surface area contributed by atoms with Gasteiger partial charge in [0.1, 0.15) is 5.69 Å². The Morgan fingerprint density at radius 1 is 1.13 bits per heavy atom. The zero-order valence-electron chi connectivity index (χ0n) is 17.7. The number of carbonyl (C=O) groups excluding carboxylic acids is 1. The molecule has 2 aromatic carbocycles. The summed E-state index contributed by atoms with van der Waals surface area (Å²) in [5.41, 5.74) is 2.76. The molecule has 0 fully saturated rings. The van der Waals surface area contributed by atoms with Crippen molar-refractivity contribution in [2.24, 2.45) is 0 Å². The zero-order valence-corrected chi connectivity index (χ0v) is 17.7. The molecule has 0 saturated heterocycles. The zero-order chi connectivity index (χ0) is 21.6. The van der Waals surface area contributed by atoms with Crippen LogP contribution in [0.15, 0.2) is 67.0 Å². The lowest BCUT2D eigenvalue weighted by molar-refractivity contribution is 0.190. The number of rotatable bonds is 7. The molecule has 2 heterocycles. The summed E-state index contributed by atoms with van der Waals surface area (Å²) in [4.78, 5) is 16.7. The van der Waals surface area contributed by atoms with E-state index < -0.39 is 0 Å². The van der Waals surface area contributed by atoms with Gasteiger partial charge >= 0.3 is 6.03 Å². The number of aromatic nitrogens is 1. The average molecular weight is 418 g/mol. The van der Waals surface area contributed by atoms with Gasteiger partial charge in [-0.2, -0.15) is 0 Å². The molecule has 1 aliphatic rings. The number of amides is 2. The van der Waals surface area contributed by atoms with Crippen LogP contribution in [0.4, 0.5) is 10.5 Å². The van der Waals surface area contributed by atoms with E-state index in [1.165, 1.54) is 5.39 Å². The highest BCUT2D eigenvalue weighted by molar-refractivity contribution is 5.86. The highest BCUT2D eigenvalue weighted by Gasteiger charge is 2.15. The van der Waals surface area contributed by atoms with E-state index in [2.05, 4.69) is 50.5 Å². The number of hydrogen-bond donors (Lipinski definition) is 4. The highest BCUT2D eigenvalue weighted by atomic mass is 16.5. The molecule has 4 N–H and O–H groups in total. The second kappa shape index (κ2) is 9.38. The third-order valence-electron chi connectivity index (χ3n) is 5.15. The third kappa shape index (κ3) is 5.06. The van der Waals surface area contributed by atoms with Gasteiger partial charge in [-0.25, -0.2) is 4.79 Å². The molecule has 0 bridgehead atoms. The summed E-state index contributed by atoms with van der Waals surface area (Å²) >= 11 is 0. The van der Waals surface area contributed by atoms with Crippen LogP contribution in [0.5, 0.6) is 0 Å². The number of fused-ring (bicyclic) bond motifs is 1. The van der Waals surface area contributed by atoms with E-state index in [4.69, 9.17) is 4.74 Å². The predicted molar refractivity (Wildman–Crippen MR) is 123 cm³/mol. The second-order valence-electron chi connectivity index (χ2n) is 7.48. The summed E-state index contributed by atoms with van der Waals surface area (Å²) in [5, 5.41) is 14.6. The normalized spacial score (nSPS) is 16.1. The van der Waals surface area contributed by atoms with E-state index in [1.54, 1.807) is 6.20 Å². The van der Waals surface area contributed by atoms with Crippen molar-refractivity contribution >= 4 is 28.3 Å². The minimum absolute atomic E-state index is 0.0323. The molecule has 2 atom stereocenters. The summed E-state index contributed by atoms with van der Waals surface area (Å²) in [6, 6.07) is 17.9. The van der Waals surface area contributed by atoms with Crippen molar-refractivity contribution in [2.45, 2.75) is 26.1 Å². The van der Waals surface area contributed by atoms with Crippen molar-refractivity contribution in [1.82, 2.24) is 20.9 Å². The Morgan fingerprint density at radius 3 is 2.74 bits per heavy atom. The molecular weight excluding hydrogens is 390 g/mol. The van der Waals surface area contributed by atoms with Gasteiger partial charge in [0.2, 0.25) is 0 Å². The van der Waals surface area contributed by atoms with E-state index in [0.29, 0.717) is 13.1 Å². The van der Waals surface area contributed by atoms with Crippen LogP contribution in [0.2, 0.25) is 0 Å². The van der Waals surface area contributed by atoms with Gasteiger partial charge in [-0.15, -0.1) is 0 Å². The smallest absolute Gasteiger partial charge is 0.315 e. The van der Waals surface area contributed by atoms with Crippen molar-refractivity contribution in [1.29, 1.82) is 0 Å². The number of pyridine rings is 1. The monoisotopic (exact) mass is 417 g/mol. The van der Waals surface area contributed by atoms with Crippen LogP contribution in [0.3, 0.4) is 0 Å². The molecule has 4 rings (SSSR count). The molecule has 2 amide bonds. The fourth-order valence-electron chi connectivity index (χ4n) is 3.57. The van der Waals surface area contributed by atoms with Crippen molar-refractivity contribution in [3.05, 3.63) is 78.3 Å². The molecule has 160 valence electrons. The van der Waals surface area contributed by atoms with Crippen LogP contribution in [-0.4, -0.2) is 30.3 Å². The van der Waals surface area contributed by atoms with Crippen molar-refractivity contribution in [3.8, 4) is 0 Å². The maximum atomic E-state index is 12.3. The van der Waals surface area contributed by atoms with E-state index in [9.17, 15) is 4.79 Å². The Bertz CT molecular complexity index is 1080. The number of anilines is 1. The van der Waals surface area contributed by atoms with Gasteiger partial charge in [0.15, 0.2) is 12.0 Å². The topological polar surface area (TPSA) is 87.3 Å². The Kier molecular flexibility index (Phi) is 6.21. The molecular formula is C24H27N5O2. The summed E-state index contributed by atoms with van der Waals surface area (Å²) in [7, 11) is 0. The number of benzene rings is 2. The molecule has 1 aliphatic heterocycles. The first-order valence-electron chi connectivity index (χ1n) is 10.5. The molecule has 3 aromatic rings. The number of nitrogens with zero attached hydrogens (tertiary/aromatic N) is 1. The summed E-state index contributed by atoms with van der Waals surface area (Å²) in [5.74, 6) is 0.734. The number of urea groups is 1. The molecule has 0 aliphatic carbocycles. The van der Waals surface area contributed by atoms with Crippen LogP contribution in [0.1, 0.15) is 31.1 Å². The van der Waals surface area contributed by atoms with Gasteiger partial charge in [0.25, 0.3) is 0 Å². The SMILES string of the molecule is CC1NC=C(c2ccc(NCCNC(=O)N[C@@H](C)c3cccc4ccccc34)cn2)O1.